The molecule has 0 N–H and O–H groups in total. The number of nitrogens with zero attached hydrogens (tertiary/aromatic N) is 4. The van der Waals surface area contributed by atoms with E-state index in [9.17, 15) is 9.18 Å². The Kier molecular flexibility index (Phi) is 4.11. The zero-order valence-electron chi connectivity index (χ0n) is 14.6. The molecule has 5 nitrogen and oxygen atoms in total. The van der Waals surface area contributed by atoms with Crippen LogP contribution < -0.4 is 0 Å². The Morgan fingerprint density at radius 2 is 2.21 bits per heavy atom. The fourth-order valence-corrected chi connectivity index (χ4v) is 4.30. The number of amides is 1. The van der Waals surface area contributed by atoms with Crippen LogP contribution in [-0.2, 0) is 18.4 Å². The highest BCUT2D eigenvalue weighted by molar-refractivity contribution is 5.81. The summed E-state index contributed by atoms with van der Waals surface area (Å²) in [6, 6.07) is 2.07. The van der Waals surface area contributed by atoms with Crippen LogP contribution in [0.3, 0.4) is 0 Å². The zero-order valence-corrected chi connectivity index (χ0v) is 14.6. The molecule has 2 unspecified atom stereocenters. The fourth-order valence-electron chi connectivity index (χ4n) is 4.30. The smallest absolute Gasteiger partial charge is 0.225 e. The summed E-state index contributed by atoms with van der Waals surface area (Å²) in [5.41, 5.74) is 1.08. The van der Waals surface area contributed by atoms with Gasteiger partial charge in [-0.25, -0.2) is 4.39 Å². The molecule has 132 valence electrons. The Morgan fingerprint density at radius 1 is 1.42 bits per heavy atom. The van der Waals surface area contributed by atoms with Gasteiger partial charge in [0.15, 0.2) is 0 Å². The molecule has 2 heterocycles. The van der Waals surface area contributed by atoms with Crippen LogP contribution in [0.4, 0.5) is 4.39 Å². The minimum atomic E-state index is -0.799. The first-order chi connectivity index (χ1) is 11.5. The van der Waals surface area contributed by atoms with Gasteiger partial charge in [0, 0.05) is 51.9 Å². The van der Waals surface area contributed by atoms with E-state index in [-0.39, 0.29) is 17.9 Å². The Bertz CT molecular complexity index is 614. The summed E-state index contributed by atoms with van der Waals surface area (Å²) >= 11 is 0. The molecule has 3 fully saturated rings. The second-order valence-corrected chi connectivity index (χ2v) is 7.92. The molecule has 24 heavy (non-hydrogen) atoms. The molecule has 4 atom stereocenters. The van der Waals surface area contributed by atoms with E-state index in [0.717, 1.165) is 18.0 Å². The van der Waals surface area contributed by atoms with Crippen molar-refractivity contribution in [2.24, 2.45) is 24.8 Å². The summed E-state index contributed by atoms with van der Waals surface area (Å²) in [4.78, 5) is 16.6. The number of halogens is 1. The molecule has 2 saturated carbocycles. The zero-order chi connectivity index (χ0) is 16.8. The molecule has 1 aliphatic heterocycles. The predicted molar refractivity (Wildman–Crippen MR) is 88.9 cm³/mol. The third-order valence-corrected chi connectivity index (χ3v) is 6.01. The largest absolute Gasteiger partial charge is 0.344 e. The third-order valence-electron chi connectivity index (χ3n) is 6.01. The standard InChI is InChI=1S/C18H27FN4O/c1-21(18(24)17-8-16(17)12-3-4-12)10-15-7-13(19)9-23(15)11-14-5-6-20-22(14)2/h5-6,12-13,15-17H,3-4,7-11H2,1-2H3/t13-,15-,16?,17?/m0/s1. The molecule has 1 aromatic rings. The summed E-state index contributed by atoms with van der Waals surface area (Å²) < 4.78 is 15.8. The highest BCUT2D eigenvalue weighted by atomic mass is 19.1. The van der Waals surface area contributed by atoms with Gasteiger partial charge < -0.3 is 4.90 Å². The van der Waals surface area contributed by atoms with E-state index < -0.39 is 6.17 Å². The lowest BCUT2D eigenvalue weighted by atomic mass is 10.1. The van der Waals surface area contributed by atoms with Crippen molar-refractivity contribution in [1.82, 2.24) is 19.6 Å². The van der Waals surface area contributed by atoms with Gasteiger partial charge in [-0.05, 0) is 43.6 Å². The number of hydrogen-bond donors (Lipinski definition) is 0. The van der Waals surface area contributed by atoms with E-state index >= 15 is 0 Å². The van der Waals surface area contributed by atoms with Crippen LogP contribution in [-0.4, -0.2) is 57.8 Å². The molecule has 0 bridgehead atoms. The molecule has 1 amide bonds. The molecular formula is C18H27FN4O. The number of likely N-dealkylation sites (N-methyl/N-ethyl adjacent to an activating group) is 1. The molecule has 1 aromatic heterocycles. The molecule has 0 aromatic carbocycles. The first-order valence-corrected chi connectivity index (χ1v) is 9.13. The van der Waals surface area contributed by atoms with Crippen molar-refractivity contribution in [2.75, 3.05) is 20.1 Å². The number of carbonyl (C=O) groups is 1. The highest BCUT2D eigenvalue weighted by Crippen LogP contribution is 2.54. The van der Waals surface area contributed by atoms with Crippen molar-refractivity contribution in [1.29, 1.82) is 0 Å². The number of aromatic nitrogens is 2. The van der Waals surface area contributed by atoms with E-state index in [1.54, 1.807) is 6.20 Å². The maximum Gasteiger partial charge on any atom is 0.225 e. The van der Waals surface area contributed by atoms with Crippen molar-refractivity contribution >= 4 is 5.91 Å². The van der Waals surface area contributed by atoms with E-state index in [4.69, 9.17) is 0 Å². The molecule has 6 heteroatoms. The summed E-state index contributed by atoms with van der Waals surface area (Å²) in [6.07, 6.45) is 5.18. The topological polar surface area (TPSA) is 41.4 Å². The molecule has 2 aliphatic carbocycles. The van der Waals surface area contributed by atoms with Gasteiger partial charge >= 0.3 is 0 Å². The number of likely N-dealkylation sites (tertiary alicyclic amines) is 1. The summed E-state index contributed by atoms with van der Waals surface area (Å²) in [5.74, 6) is 1.98. The van der Waals surface area contributed by atoms with Crippen LogP contribution in [0.2, 0.25) is 0 Å². The average Bonchev–Trinajstić information content (AvgIpc) is 3.43. The lowest BCUT2D eigenvalue weighted by Gasteiger charge is -2.28. The first-order valence-electron chi connectivity index (χ1n) is 9.13. The molecule has 1 saturated heterocycles. The highest BCUT2D eigenvalue weighted by Gasteiger charge is 2.52. The lowest BCUT2D eigenvalue weighted by molar-refractivity contribution is -0.132. The van der Waals surface area contributed by atoms with Crippen molar-refractivity contribution in [3.05, 3.63) is 18.0 Å². The Hall–Kier alpha value is -1.43. The van der Waals surface area contributed by atoms with Crippen LogP contribution in [0, 0.1) is 17.8 Å². The minimum Gasteiger partial charge on any atom is -0.344 e. The predicted octanol–water partition coefficient (Wildman–Crippen LogP) is 1.84. The number of alkyl halides is 1. The Balaban J connectivity index is 1.35. The first kappa shape index (κ1) is 16.1. The van der Waals surface area contributed by atoms with Gasteiger partial charge in [0.05, 0.1) is 5.69 Å². The van der Waals surface area contributed by atoms with Gasteiger partial charge in [-0.2, -0.15) is 5.10 Å². The molecule has 0 radical (unpaired) electrons. The van der Waals surface area contributed by atoms with Crippen molar-refractivity contribution in [3.8, 4) is 0 Å². The van der Waals surface area contributed by atoms with Gasteiger partial charge in [-0.3, -0.25) is 14.4 Å². The number of carbonyl (C=O) groups excluding carboxylic acids is 1. The van der Waals surface area contributed by atoms with Gasteiger partial charge in [0.1, 0.15) is 6.17 Å². The van der Waals surface area contributed by atoms with Crippen molar-refractivity contribution < 1.29 is 9.18 Å². The van der Waals surface area contributed by atoms with Crippen molar-refractivity contribution in [3.63, 3.8) is 0 Å². The maximum atomic E-state index is 14.0. The number of rotatable bonds is 6. The van der Waals surface area contributed by atoms with Crippen LogP contribution in [0.5, 0.6) is 0 Å². The second kappa shape index (κ2) is 6.14. The van der Waals surface area contributed by atoms with Crippen molar-refractivity contribution in [2.45, 2.75) is 44.4 Å². The molecule has 0 spiro atoms. The van der Waals surface area contributed by atoms with Gasteiger partial charge in [0.25, 0.3) is 0 Å². The van der Waals surface area contributed by atoms with E-state index in [1.165, 1.54) is 12.8 Å². The van der Waals surface area contributed by atoms with E-state index in [0.29, 0.717) is 32.0 Å². The SMILES string of the molecule is CN(C[C@@H]1C[C@H](F)CN1Cc1ccnn1C)C(=O)C1CC1C1CC1. The molecule has 4 rings (SSSR count). The molecule has 3 aliphatic rings. The fraction of sp³-hybridized carbons (Fsp3) is 0.778. The van der Waals surface area contributed by atoms with E-state index in [2.05, 4.69) is 10.00 Å². The third kappa shape index (κ3) is 3.21. The Labute approximate surface area is 142 Å². The van der Waals surface area contributed by atoms with E-state index in [1.807, 2.05) is 29.7 Å². The monoisotopic (exact) mass is 334 g/mol. The summed E-state index contributed by atoms with van der Waals surface area (Å²) in [7, 11) is 3.80. The minimum absolute atomic E-state index is 0.0991. The summed E-state index contributed by atoms with van der Waals surface area (Å²) in [6.45, 7) is 1.77. The van der Waals surface area contributed by atoms with Gasteiger partial charge in [0.2, 0.25) is 5.91 Å². The second-order valence-electron chi connectivity index (χ2n) is 7.92. The quantitative estimate of drug-likeness (QED) is 0.797. The van der Waals surface area contributed by atoms with Crippen LogP contribution >= 0.6 is 0 Å². The lowest BCUT2D eigenvalue weighted by Crippen LogP contribution is -2.41. The Morgan fingerprint density at radius 3 is 2.88 bits per heavy atom. The summed E-state index contributed by atoms with van der Waals surface area (Å²) in [5, 5.41) is 4.19. The average molecular weight is 334 g/mol. The number of hydrogen-bond acceptors (Lipinski definition) is 3. The van der Waals surface area contributed by atoms with Crippen LogP contribution in [0.25, 0.3) is 0 Å². The number of aryl methyl sites for hydroxylation is 1. The van der Waals surface area contributed by atoms with Gasteiger partial charge in [-0.1, -0.05) is 0 Å². The normalized spacial score (nSPS) is 33.0. The van der Waals surface area contributed by atoms with Crippen LogP contribution in [0.15, 0.2) is 12.3 Å². The van der Waals surface area contributed by atoms with Crippen LogP contribution in [0.1, 0.15) is 31.4 Å². The van der Waals surface area contributed by atoms with Gasteiger partial charge in [-0.15, -0.1) is 0 Å². The molecular weight excluding hydrogens is 307 g/mol. The maximum absolute atomic E-state index is 14.0.